The van der Waals surface area contributed by atoms with Gasteiger partial charge in [0.05, 0.1) is 24.2 Å². The molecule has 19 heavy (non-hydrogen) atoms. The molecule has 3 nitrogen and oxygen atoms in total. The number of hydrogen-bond acceptors (Lipinski definition) is 3. The van der Waals surface area contributed by atoms with E-state index in [2.05, 4.69) is 24.4 Å². The molecule has 0 saturated carbocycles. The predicted molar refractivity (Wildman–Crippen MR) is 81.2 cm³/mol. The van der Waals surface area contributed by atoms with Crippen molar-refractivity contribution in [2.45, 2.75) is 20.3 Å². The van der Waals surface area contributed by atoms with Crippen molar-refractivity contribution < 1.29 is 4.74 Å². The normalized spacial score (nSPS) is 10.3. The van der Waals surface area contributed by atoms with Crippen molar-refractivity contribution in [3.05, 3.63) is 47.5 Å². The Balaban J connectivity index is 2.36. The van der Waals surface area contributed by atoms with Gasteiger partial charge in [0.1, 0.15) is 5.75 Å². The Kier molecular flexibility index (Phi) is 3.95. The number of aryl methyl sites for hydroxylation is 2. The lowest BCUT2D eigenvalue weighted by atomic mass is 10.1. The number of rotatable bonds is 4. The van der Waals surface area contributed by atoms with Crippen molar-refractivity contribution >= 4 is 17.1 Å². The Bertz CT molecular complexity index is 579. The zero-order valence-corrected chi connectivity index (χ0v) is 11.7. The van der Waals surface area contributed by atoms with Gasteiger partial charge in [0.15, 0.2) is 0 Å². The van der Waals surface area contributed by atoms with E-state index >= 15 is 0 Å². The van der Waals surface area contributed by atoms with E-state index < -0.39 is 0 Å². The first-order valence-corrected chi connectivity index (χ1v) is 6.44. The molecule has 0 aliphatic heterocycles. The molecule has 0 aliphatic rings. The lowest BCUT2D eigenvalue weighted by Gasteiger charge is -2.14. The second-order valence-corrected chi connectivity index (χ2v) is 4.60. The van der Waals surface area contributed by atoms with Gasteiger partial charge in [0.2, 0.25) is 0 Å². The molecule has 0 radical (unpaired) electrons. The van der Waals surface area contributed by atoms with E-state index in [0.29, 0.717) is 0 Å². The minimum atomic E-state index is 0.740. The minimum Gasteiger partial charge on any atom is -0.495 e. The topological polar surface area (TPSA) is 47.3 Å². The summed E-state index contributed by atoms with van der Waals surface area (Å²) in [5.74, 6) is 0.817. The SMILES string of the molecule is CCc1ccc(OC)c(Nc2ccc(C)cc2N)c1. The summed E-state index contributed by atoms with van der Waals surface area (Å²) in [5.41, 5.74) is 11.0. The molecule has 0 aromatic heterocycles. The maximum Gasteiger partial charge on any atom is 0.142 e. The minimum absolute atomic E-state index is 0.740. The highest BCUT2D eigenvalue weighted by Crippen LogP contribution is 2.31. The fourth-order valence-electron chi connectivity index (χ4n) is 2.01. The van der Waals surface area contributed by atoms with E-state index in [4.69, 9.17) is 10.5 Å². The number of benzene rings is 2. The largest absolute Gasteiger partial charge is 0.495 e. The number of nitrogens with one attached hydrogen (secondary N) is 1. The van der Waals surface area contributed by atoms with E-state index in [1.54, 1.807) is 7.11 Å². The van der Waals surface area contributed by atoms with Crippen LogP contribution in [0.1, 0.15) is 18.1 Å². The summed E-state index contributed by atoms with van der Waals surface area (Å²) in [6, 6.07) is 12.1. The van der Waals surface area contributed by atoms with Crippen molar-refractivity contribution in [2.24, 2.45) is 0 Å². The van der Waals surface area contributed by atoms with Gasteiger partial charge in [0, 0.05) is 0 Å². The molecule has 3 N–H and O–H groups in total. The van der Waals surface area contributed by atoms with Gasteiger partial charge >= 0.3 is 0 Å². The van der Waals surface area contributed by atoms with Crippen LogP contribution >= 0.6 is 0 Å². The van der Waals surface area contributed by atoms with Crippen LogP contribution in [0.25, 0.3) is 0 Å². The maximum absolute atomic E-state index is 6.03. The molecule has 0 fully saturated rings. The Morgan fingerprint density at radius 1 is 1.11 bits per heavy atom. The first kappa shape index (κ1) is 13.3. The van der Waals surface area contributed by atoms with Gasteiger partial charge < -0.3 is 15.8 Å². The van der Waals surface area contributed by atoms with Crippen LogP contribution in [-0.4, -0.2) is 7.11 Å². The van der Waals surface area contributed by atoms with Gasteiger partial charge in [-0.2, -0.15) is 0 Å². The Hall–Kier alpha value is -2.16. The van der Waals surface area contributed by atoms with Gasteiger partial charge in [-0.25, -0.2) is 0 Å². The Labute approximate surface area is 114 Å². The molecule has 0 unspecified atom stereocenters. The van der Waals surface area contributed by atoms with E-state index in [9.17, 15) is 0 Å². The first-order valence-electron chi connectivity index (χ1n) is 6.44. The number of ether oxygens (including phenoxy) is 1. The fraction of sp³-hybridized carbons (Fsp3) is 0.250. The average Bonchev–Trinajstić information content (AvgIpc) is 2.41. The van der Waals surface area contributed by atoms with Crippen molar-refractivity contribution in [3.8, 4) is 5.75 Å². The zero-order chi connectivity index (χ0) is 13.8. The van der Waals surface area contributed by atoms with Crippen molar-refractivity contribution in [2.75, 3.05) is 18.2 Å². The summed E-state index contributed by atoms with van der Waals surface area (Å²) >= 11 is 0. The molecule has 2 aromatic rings. The molecule has 2 aromatic carbocycles. The molecule has 0 atom stereocenters. The van der Waals surface area contributed by atoms with Crippen LogP contribution in [0, 0.1) is 6.92 Å². The third kappa shape index (κ3) is 2.99. The molecule has 0 amide bonds. The highest BCUT2D eigenvalue weighted by Gasteiger charge is 2.06. The van der Waals surface area contributed by atoms with E-state index in [1.165, 1.54) is 5.56 Å². The second kappa shape index (κ2) is 5.65. The molecule has 3 heteroatoms. The lowest BCUT2D eigenvalue weighted by molar-refractivity contribution is 0.416. The number of nitrogens with two attached hydrogens (primary N) is 1. The molecular weight excluding hydrogens is 236 g/mol. The van der Waals surface area contributed by atoms with Crippen LogP contribution in [-0.2, 0) is 6.42 Å². The maximum atomic E-state index is 6.03. The monoisotopic (exact) mass is 256 g/mol. The number of methoxy groups -OCH3 is 1. The van der Waals surface area contributed by atoms with Crippen LogP contribution in [0.5, 0.6) is 5.75 Å². The summed E-state index contributed by atoms with van der Waals surface area (Å²) in [4.78, 5) is 0. The van der Waals surface area contributed by atoms with Gasteiger partial charge in [-0.05, 0) is 48.7 Å². The molecule has 0 heterocycles. The first-order chi connectivity index (χ1) is 9.13. The van der Waals surface area contributed by atoms with Gasteiger partial charge in [0.25, 0.3) is 0 Å². The van der Waals surface area contributed by atoms with Crippen LogP contribution in [0.2, 0.25) is 0 Å². The standard InChI is InChI=1S/C16H20N2O/c1-4-12-6-8-16(19-3)15(10-12)18-14-7-5-11(2)9-13(14)17/h5-10,18H,4,17H2,1-3H3. The van der Waals surface area contributed by atoms with E-state index in [-0.39, 0.29) is 0 Å². The summed E-state index contributed by atoms with van der Waals surface area (Å²) in [6.45, 7) is 4.16. The van der Waals surface area contributed by atoms with Gasteiger partial charge in [-0.15, -0.1) is 0 Å². The lowest BCUT2D eigenvalue weighted by Crippen LogP contribution is -1.99. The van der Waals surface area contributed by atoms with Crippen molar-refractivity contribution in [3.63, 3.8) is 0 Å². The Morgan fingerprint density at radius 3 is 2.53 bits per heavy atom. The highest BCUT2D eigenvalue weighted by molar-refractivity contribution is 5.76. The fourth-order valence-corrected chi connectivity index (χ4v) is 2.01. The van der Waals surface area contributed by atoms with Crippen LogP contribution < -0.4 is 15.8 Å². The predicted octanol–water partition coefficient (Wildman–Crippen LogP) is 3.89. The number of nitrogen functional groups attached to an aromatic ring is 1. The third-order valence-electron chi connectivity index (χ3n) is 3.15. The average molecular weight is 256 g/mol. The molecule has 2 rings (SSSR count). The molecule has 0 spiro atoms. The smallest absolute Gasteiger partial charge is 0.142 e. The van der Waals surface area contributed by atoms with Gasteiger partial charge in [-0.1, -0.05) is 19.1 Å². The highest BCUT2D eigenvalue weighted by atomic mass is 16.5. The van der Waals surface area contributed by atoms with E-state index in [0.717, 1.165) is 34.8 Å². The third-order valence-corrected chi connectivity index (χ3v) is 3.15. The molecule has 100 valence electrons. The summed E-state index contributed by atoms with van der Waals surface area (Å²) in [5, 5.41) is 3.34. The van der Waals surface area contributed by atoms with Crippen molar-refractivity contribution in [1.29, 1.82) is 0 Å². The quantitative estimate of drug-likeness (QED) is 0.816. The number of anilines is 3. The molecule has 0 saturated heterocycles. The molecular formula is C16H20N2O. The second-order valence-electron chi connectivity index (χ2n) is 4.60. The van der Waals surface area contributed by atoms with Crippen LogP contribution in [0.15, 0.2) is 36.4 Å². The zero-order valence-electron chi connectivity index (χ0n) is 11.7. The summed E-state index contributed by atoms with van der Waals surface area (Å²) < 4.78 is 5.38. The Morgan fingerprint density at radius 2 is 1.89 bits per heavy atom. The van der Waals surface area contributed by atoms with Gasteiger partial charge in [-0.3, -0.25) is 0 Å². The van der Waals surface area contributed by atoms with Crippen LogP contribution in [0.3, 0.4) is 0 Å². The molecule has 0 bridgehead atoms. The van der Waals surface area contributed by atoms with Crippen molar-refractivity contribution in [1.82, 2.24) is 0 Å². The summed E-state index contributed by atoms with van der Waals surface area (Å²) in [7, 11) is 1.67. The summed E-state index contributed by atoms with van der Waals surface area (Å²) in [6.07, 6.45) is 0.988. The number of hydrogen-bond donors (Lipinski definition) is 2. The van der Waals surface area contributed by atoms with E-state index in [1.807, 2.05) is 31.2 Å². The van der Waals surface area contributed by atoms with Crippen LogP contribution in [0.4, 0.5) is 17.1 Å². The molecule has 0 aliphatic carbocycles.